The van der Waals surface area contributed by atoms with Gasteiger partial charge < -0.3 is 5.11 Å². The van der Waals surface area contributed by atoms with Crippen LogP contribution in [-0.2, 0) is 11.2 Å². The van der Waals surface area contributed by atoms with Gasteiger partial charge in [0.15, 0.2) is 5.65 Å². The lowest BCUT2D eigenvalue weighted by molar-refractivity contribution is -0.137. The number of nitrogens with zero attached hydrogens (tertiary/aromatic N) is 4. The third kappa shape index (κ3) is 2.20. The van der Waals surface area contributed by atoms with Crippen molar-refractivity contribution in [3.8, 4) is 0 Å². The van der Waals surface area contributed by atoms with Crippen LogP contribution in [0.3, 0.4) is 0 Å². The van der Waals surface area contributed by atoms with Gasteiger partial charge in [-0.15, -0.1) is 5.10 Å². The summed E-state index contributed by atoms with van der Waals surface area (Å²) in [4.78, 5) is 19.6. The van der Waals surface area contributed by atoms with E-state index in [-0.39, 0.29) is 6.42 Å². The Bertz CT molecular complexity index is 794. The summed E-state index contributed by atoms with van der Waals surface area (Å²) >= 11 is 0. The minimum atomic E-state index is -0.795. The molecule has 1 N–H and O–H groups in total. The van der Waals surface area contributed by atoms with Gasteiger partial charge in [-0.3, -0.25) is 4.79 Å². The van der Waals surface area contributed by atoms with E-state index in [2.05, 4.69) is 15.1 Å². The Morgan fingerprint density at radius 3 is 2.90 bits per heavy atom. The van der Waals surface area contributed by atoms with Crippen LogP contribution in [0.15, 0.2) is 24.3 Å². The van der Waals surface area contributed by atoms with Gasteiger partial charge in [-0.2, -0.15) is 4.52 Å². The van der Waals surface area contributed by atoms with Gasteiger partial charge in [-0.05, 0) is 25.5 Å². The van der Waals surface area contributed by atoms with E-state index in [1.165, 1.54) is 0 Å². The lowest BCUT2D eigenvalue weighted by Gasteiger charge is -2.05. The highest BCUT2D eigenvalue weighted by Gasteiger charge is 2.11. The number of aliphatic carboxylic acids is 1. The van der Waals surface area contributed by atoms with Crippen LogP contribution in [0.5, 0.6) is 0 Å². The van der Waals surface area contributed by atoms with Crippen LogP contribution < -0.4 is 0 Å². The molecular weight excluding hydrogens is 256 g/mol. The van der Waals surface area contributed by atoms with Crippen LogP contribution in [0.1, 0.15) is 24.5 Å². The van der Waals surface area contributed by atoms with Gasteiger partial charge in [0.05, 0.1) is 5.52 Å². The number of aromatic nitrogens is 4. The number of hydrogen-bond acceptors (Lipinski definition) is 4. The molecule has 6 nitrogen and oxygen atoms in total. The third-order valence-electron chi connectivity index (χ3n) is 3.14. The molecule has 3 rings (SSSR count). The fourth-order valence-electron chi connectivity index (χ4n) is 2.28. The lowest BCUT2D eigenvalue weighted by atomic mass is 10.2. The fourth-order valence-corrected chi connectivity index (χ4v) is 2.28. The number of para-hydroxylation sites is 1. The third-order valence-corrected chi connectivity index (χ3v) is 3.14. The molecule has 0 saturated carbocycles. The maximum Gasteiger partial charge on any atom is 0.303 e. The average molecular weight is 270 g/mol. The summed E-state index contributed by atoms with van der Waals surface area (Å²) in [6, 6.07) is 7.76. The highest BCUT2D eigenvalue weighted by molar-refractivity contribution is 5.91. The number of carboxylic acids is 1. The first-order valence-corrected chi connectivity index (χ1v) is 6.48. The molecule has 1 aromatic carbocycles. The Balaban J connectivity index is 2.11. The van der Waals surface area contributed by atoms with Crippen LogP contribution in [0.25, 0.3) is 16.6 Å². The van der Waals surface area contributed by atoms with E-state index in [4.69, 9.17) is 5.11 Å². The predicted octanol–water partition coefficient (Wildman–Crippen LogP) is 1.99. The number of aryl methyl sites for hydroxylation is 2. The molecule has 102 valence electrons. The van der Waals surface area contributed by atoms with Crippen molar-refractivity contribution in [1.82, 2.24) is 19.6 Å². The standard InChI is InChI=1S/C14H14N4O2/c1-9-15-14-10-5-2-3-6-11(10)16-12(18(14)17-9)7-4-8-13(19)20/h2-3,5-6H,4,7-8H2,1H3,(H,19,20). The maximum atomic E-state index is 10.6. The summed E-state index contributed by atoms with van der Waals surface area (Å²) in [5.41, 5.74) is 1.64. The highest BCUT2D eigenvalue weighted by atomic mass is 16.4. The molecule has 2 heterocycles. The molecule has 3 aromatic rings. The molecule has 20 heavy (non-hydrogen) atoms. The van der Waals surface area contributed by atoms with Crippen molar-refractivity contribution in [2.24, 2.45) is 0 Å². The average Bonchev–Trinajstić information content (AvgIpc) is 2.80. The summed E-state index contributed by atoms with van der Waals surface area (Å²) in [5.74, 6) is 0.639. The Morgan fingerprint density at radius 1 is 1.30 bits per heavy atom. The van der Waals surface area contributed by atoms with Crippen LogP contribution in [-0.4, -0.2) is 30.7 Å². The molecule has 0 aliphatic carbocycles. The smallest absolute Gasteiger partial charge is 0.303 e. The van der Waals surface area contributed by atoms with Crippen molar-refractivity contribution in [2.45, 2.75) is 26.2 Å². The molecule has 0 unspecified atom stereocenters. The minimum absolute atomic E-state index is 0.129. The Hall–Kier alpha value is -2.50. The zero-order valence-electron chi connectivity index (χ0n) is 11.1. The molecule has 2 aromatic heterocycles. The quantitative estimate of drug-likeness (QED) is 0.784. The van der Waals surface area contributed by atoms with Crippen molar-refractivity contribution in [3.63, 3.8) is 0 Å². The lowest BCUT2D eigenvalue weighted by Crippen LogP contribution is -2.05. The van der Waals surface area contributed by atoms with Gasteiger partial charge in [0, 0.05) is 18.2 Å². The van der Waals surface area contributed by atoms with Crippen LogP contribution in [0.2, 0.25) is 0 Å². The zero-order valence-corrected chi connectivity index (χ0v) is 11.1. The first kappa shape index (κ1) is 12.5. The van der Waals surface area contributed by atoms with Crippen molar-refractivity contribution in [2.75, 3.05) is 0 Å². The number of rotatable bonds is 4. The molecule has 0 atom stereocenters. The van der Waals surface area contributed by atoms with Gasteiger partial charge in [-0.1, -0.05) is 12.1 Å². The Kier molecular flexibility index (Phi) is 3.06. The van der Waals surface area contributed by atoms with Gasteiger partial charge in [-0.25, -0.2) is 9.97 Å². The number of benzene rings is 1. The number of carbonyl (C=O) groups is 1. The maximum absolute atomic E-state index is 10.6. The van der Waals surface area contributed by atoms with E-state index in [1.54, 1.807) is 4.52 Å². The fraction of sp³-hybridized carbons (Fsp3) is 0.286. The van der Waals surface area contributed by atoms with Crippen LogP contribution in [0.4, 0.5) is 0 Å². The first-order chi connectivity index (χ1) is 9.65. The minimum Gasteiger partial charge on any atom is -0.481 e. The number of carboxylic acid groups (broad SMARTS) is 1. The van der Waals surface area contributed by atoms with Crippen molar-refractivity contribution in [3.05, 3.63) is 35.9 Å². The second kappa shape index (κ2) is 4.88. The molecule has 6 heteroatoms. The summed E-state index contributed by atoms with van der Waals surface area (Å²) in [6.07, 6.45) is 1.23. The van der Waals surface area contributed by atoms with E-state index in [0.717, 1.165) is 22.4 Å². The zero-order chi connectivity index (χ0) is 14.1. The molecule has 0 spiro atoms. The molecular formula is C14H14N4O2. The second-order valence-corrected chi connectivity index (χ2v) is 4.69. The SMILES string of the molecule is Cc1nc2c3ccccc3nc(CCCC(=O)O)n2n1. The monoisotopic (exact) mass is 270 g/mol. The van der Waals surface area contributed by atoms with E-state index in [0.29, 0.717) is 18.7 Å². The Morgan fingerprint density at radius 2 is 2.10 bits per heavy atom. The summed E-state index contributed by atoms with van der Waals surface area (Å²) in [7, 11) is 0. The van der Waals surface area contributed by atoms with Crippen LogP contribution in [0, 0.1) is 6.92 Å². The molecule has 0 saturated heterocycles. The predicted molar refractivity (Wildman–Crippen MR) is 73.6 cm³/mol. The van der Waals surface area contributed by atoms with E-state index < -0.39 is 5.97 Å². The van der Waals surface area contributed by atoms with E-state index in [9.17, 15) is 4.79 Å². The van der Waals surface area contributed by atoms with Crippen LogP contribution >= 0.6 is 0 Å². The number of hydrogen-bond donors (Lipinski definition) is 1. The van der Waals surface area contributed by atoms with Gasteiger partial charge in [0.2, 0.25) is 0 Å². The molecule has 0 radical (unpaired) electrons. The number of fused-ring (bicyclic) bond motifs is 3. The first-order valence-electron chi connectivity index (χ1n) is 6.48. The largest absolute Gasteiger partial charge is 0.481 e. The summed E-state index contributed by atoms with van der Waals surface area (Å²) in [5, 5.41) is 14.0. The second-order valence-electron chi connectivity index (χ2n) is 4.69. The van der Waals surface area contributed by atoms with Crippen molar-refractivity contribution >= 4 is 22.5 Å². The van der Waals surface area contributed by atoms with Crippen molar-refractivity contribution in [1.29, 1.82) is 0 Å². The normalized spacial score (nSPS) is 11.2. The van der Waals surface area contributed by atoms with Gasteiger partial charge >= 0.3 is 5.97 Å². The van der Waals surface area contributed by atoms with Gasteiger partial charge in [0.1, 0.15) is 11.6 Å². The Labute approximate surface area is 115 Å². The molecule has 0 aliphatic rings. The molecule has 0 bridgehead atoms. The molecule has 0 aliphatic heterocycles. The van der Waals surface area contributed by atoms with Gasteiger partial charge in [0.25, 0.3) is 0 Å². The molecule has 0 fully saturated rings. The van der Waals surface area contributed by atoms with Crippen molar-refractivity contribution < 1.29 is 9.90 Å². The highest BCUT2D eigenvalue weighted by Crippen LogP contribution is 2.19. The topological polar surface area (TPSA) is 80.4 Å². The van der Waals surface area contributed by atoms with E-state index >= 15 is 0 Å². The molecule has 0 amide bonds. The van der Waals surface area contributed by atoms with E-state index in [1.807, 2.05) is 31.2 Å². The summed E-state index contributed by atoms with van der Waals surface area (Å²) < 4.78 is 1.72. The summed E-state index contributed by atoms with van der Waals surface area (Å²) in [6.45, 7) is 1.84.